The summed E-state index contributed by atoms with van der Waals surface area (Å²) in [6, 6.07) is 7.99. The molecule has 0 radical (unpaired) electrons. The van der Waals surface area contributed by atoms with Crippen LogP contribution in [0.15, 0.2) is 30.5 Å². The Morgan fingerprint density at radius 3 is 2.63 bits per heavy atom. The smallest absolute Gasteiger partial charge is 0.0767 e. The lowest BCUT2D eigenvalue weighted by molar-refractivity contribution is 0.420. The third-order valence-electron chi connectivity index (χ3n) is 2.86. The van der Waals surface area contributed by atoms with Crippen LogP contribution in [0.4, 0.5) is 0 Å². The Hall–Kier alpha value is -1.32. The Balaban J connectivity index is 2.14. The summed E-state index contributed by atoms with van der Waals surface area (Å²) in [5.74, 6) is 0. The molecular weight excluding hydrogens is 258 g/mol. The van der Waals surface area contributed by atoms with Crippen molar-refractivity contribution in [1.29, 1.82) is 0 Å². The minimum Gasteiger partial charge on any atom is -0.306 e. The van der Waals surface area contributed by atoms with Gasteiger partial charge in [0, 0.05) is 23.3 Å². The number of hydrogen-bond donors (Lipinski definition) is 1. The lowest BCUT2D eigenvalue weighted by atomic mass is 10.1. The zero-order valence-electron chi connectivity index (χ0n) is 11.9. The van der Waals surface area contributed by atoms with Gasteiger partial charge in [0.25, 0.3) is 0 Å². The first-order chi connectivity index (χ1) is 8.85. The molecule has 1 N–H and O–H groups in total. The van der Waals surface area contributed by atoms with E-state index in [0.717, 1.165) is 28.5 Å². The van der Waals surface area contributed by atoms with Crippen LogP contribution in [-0.4, -0.2) is 15.3 Å². The first kappa shape index (κ1) is 14.1. The molecule has 0 amide bonds. The highest BCUT2D eigenvalue weighted by Gasteiger charge is 2.10. The molecule has 2 rings (SSSR count). The molecule has 0 saturated heterocycles. The summed E-state index contributed by atoms with van der Waals surface area (Å²) in [6.07, 6.45) is 1.96. The molecule has 0 atom stereocenters. The van der Waals surface area contributed by atoms with Crippen molar-refractivity contribution in [1.82, 2.24) is 15.1 Å². The van der Waals surface area contributed by atoms with E-state index >= 15 is 0 Å². The Morgan fingerprint density at radius 2 is 2.00 bits per heavy atom. The van der Waals surface area contributed by atoms with E-state index in [-0.39, 0.29) is 5.54 Å². The molecule has 1 heterocycles. The van der Waals surface area contributed by atoms with Crippen molar-refractivity contribution in [3.8, 4) is 5.69 Å². The lowest BCUT2D eigenvalue weighted by Crippen LogP contribution is -2.35. The highest BCUT2D eigenvalue weighted by molar-refractivity contribution is 6.31. The second-order valence-electron chi connectivity index (χ2n) is 5.79. The molecule has 0 unspecified atom stereocenters. The van der Waals surface area contributed by atoms with Crippen LogP contribution in [-0.2, 0) is 6.54 Å². The fourth-order valence-corrected chi connectivity index (χ4v) is 1.85. The summed E-state index contributed by atoms with van der Waals surface area (Å²) >= 11 is 6.14. The van der Waals surface area contributed by atoms with Gasteiger partial charge in [-0.1, -0.05) is 17.7 Å². The third kappa shape index (κ3) is 3.82. The fourth-order valence-electron chi connectivity index (χ4n) is 1.68. The molecular formula is C15H20ClN3. The summed E-state index contributed by atoms with van der Waals surface area (Å²) < 4.78 is 1.85. The molecule has 0 aliphatic carbocycles. The summed E-state index contributed by atoms with van der Waals surface area (Å²) in [5.41, 5.74) is 3.17. The molecule has 1 aromatic heterocycles. The summed E-state index contributed by atoms with van der Waals surface area (Å²) in [5, 5.41) is 8.74. The van der Waals surface area contributed by atoms with Crippen molar-refractivity contribution in [2.24, 2.45) is 0 Å². The predicted octanol–water partition coefficient (Wildman–Crippen LogP) is 3.72. The molecule has 0 bridgehead atoms. The number of aromatic nitrogens is 2. The van der Waals surface area contributed by atoms with E-state index in [1.54, 1.807) is 0 Å². The van der Waals surface area contributed by atoms with Gasteiger partial charge in [0.1, 0.15) is 0 Å². The molecule has 0 aliphatic rings. The molecule has 19 heavy (non-hydrogen) atoms. The van der Waals surface area contributed by atoms with Crippen molar-refractivity contribution in [3.05, 3.63) is 46.7 Å². The van der Waals surface area contributed by atoms with E-state index in [0.29, 0.717) is 0 Å². The van der Waals surface area contributed by atoms with Crippen LogP contribution < -0.4 is 5.32 Å². The Bertz CT molecular complexity index is 567. The molecule has 102 valence electrons. The normalized spacial score (nSPS) is 11.8. The molecule has 0 fully saturated rings. The topological polar surface area (TPSA) is 29.9 Å². The van der Waals surface area contributed by atoms with Crippen molar-refractivity contribution >= 4 is 11.6 Å². The van der Waals surface area contributed by atoms with Crippen LogP contribution in [0.1, 0.15) is 32.0 Å². The minimum atomic E-state index is 0.0942. The second kappa shape index (κ2) is 5.35. The summed E-state index contributed by atoms with van der Waals surface area (Å²) in [4.78, 5) is 0. The van der Waals surface area contributed by atoms with Crippen LogP contribution in [0.5, 0.6) is 0 Å². The average molecular weight is 278 g/mol. The largest absolute Gasteiger partial charge is 0.306 e. The van der Waals surface area contributed by atoms with E-state index in [2.05, 4.69) is 31.2 Å². The molecule has 2 aromatic rings. The first-order valence-electron chi connectivity index (χ1n) is 6.41. The van der Waals surface area contributed by atoms with Gasteiger partial charge in [-0.05, 0) is 51.5 Å². The average Bonchev–Trinajstić information content (AvgIpc) is 2.78. The zero-order chi connectivity index (χ0) is 14.0. The van der Waals surface area contributed by atoms with Crippen LogP contribution in [0.25, 0.3) is 5.69 Å². The van der Waals surface area contributed by atoms with Crippen LogP contribution in [0, 0.1) is 6.92 Å². The summed E-state index contributed by atoms with van der Waals surface area (Å²) in [6.45, 7) is 9.18. The van der Waals surface area contributed by atoms with E-state index in [4.69, 9.17) is 11.6 Å². The number of hydrogen-bond acceptors (Lipinski definition) is 2. The van der Waals surface area contributed by atoms with E-state index in [1.807, 2.05) is 42.1 Å². The van der Waals surface area contributed by atoms with Gasteiger partial charge >= 0.3 is 0 Å². The third-order valence-corrected chi connectivity index (χ3v) is 3.27. The number of nitrogens with one attached hydrogen (secondary N) is 1. The number of rotatable bonds is 3. The van der Waals surface area contributed by atoms with Crippen molar-refractivity contribution in [2.45, 2.75) is 39.8 Å². The van der Waals surface area contributed by atoms with E-state index in [9.17, 15) is 0 Å². The van der Waals surface area contributed by atoms with Crippen LogP contribution >= 0.6 is 11.6 Å². The predicted molar refractivity (Wildman–Crippen MR) is 79.9 cm³/mol. The number of halogens is 1. The fraction of sp³-hybridized carbons (Fsp3) is 0.400. The molecule has 4 heteroatoms. The van der Waals surface area contributed by atoms with Gasteiger partial charge in [-0.15, -0.1) is 0 Å². The molecule has 0 aliphatic heterocycles. The minimum absolute atomic E-state index is 0.0942. The van der Waals surface area contributed by atoms with Crippen LogP contribution in [0.3, 0.4) is 0 Å². The van der Waals surface area contributed by atoms with E-state index < -0.39 is 0 Å². The SMILES string of the molecule is Cc1ccc(-n2ccc(CNC(C)(C)C)n2)cc1Cl. The monoisotopic (exact) mass is 277 g/mol. The van der Waals surface area contributed by atoms with Crippen molar-refractivity contribution in [3.63, 3.8) is 0 Å². The van der Waals surface area contributed by atoms with Gasteiger partial charge in [-0.2, -0.15) is 5.10 Å². The molecule has 0 saturated carbocycles. The maximum Gasteiger partial charge on any atom is 0.0767 e. The quantitative estimate of drug-likeness (QED) is 0.927. The van der Waals surface area contributed by atoms with Gasteiger partial charge in [0.05, 0.1) is 11.4 Å². The van der Waals surface area contributed by atoms with Gasteiger partial charge in [0.2, 0.25) is 0 Å². The Morgan fingerprint density at radius 1 is 1.26 bits per heavy atom. The van der Waals surface area contributed by atoms with Gasteiger partial charge < -0.3 is 5.32 Å². The standard InChI is InChI=1S/C15H20ClN3/c1-11-5-6-13(9-14(11)16)19-8-7-12(18-19)10-17-15(2,3)4/h5-9,17H,10H2,1-4H3. The van der Waals surface area contributed by atoms with Gasteiger partial charge in [-0.25, -0.2) is 4.68 Å². The highest BCUT2D eigenvalue weighted by atomic mass is 35.5. The van der Waals surface area contributed by atoms with Crippen LogP contribution in [0.2, 0.25) is 5.02 Å². The number of aryl methyl sites for hydroxylation is 1. The summed E-state index contributed by atoms with van der Waals surface area (Å²) in [7, 11) is 0. The molecule has 1 aromatic carbocycles. The van der Waals surface area contributed by atoms with Gasteiger partial charge in [-0.3, -0.25) is 0 Å². The van der Waals surface area contributed by atoms with Crippen molar-refractivity contribution in [2.75, 3.05) is 0 Å². The lowest BCUT2D eigenvalue weighted by Gasteiger charge is -2.19. The van der Waals surface area contributed by atoms with Gasteiger partial charge in [0.15, 0.2) is 0 Å². The maximum absolute atomic E-state index is 6.14. The number of benzene rings is 1. The van der Waals surface area contributed by atoms with Crippen molar-refractivity contribution < 1.29 is 0 Å². The number of nitrogens with zero attached hydrogens (tertiary/aromatic N) is 2. The molecule has 0 spiro atoms. The highest BCUT2D eigenvalue weighted by Crippen LogP contribution is 2.19. The second-order valence-corrected chi connectivity index (χ2v) is 6.20. The van der Waals surface area contributed by atoms with E-state index in [1.165, 1.54) is 0 Å². The zero-order valence-corrected chi connectivity index (χ0v) is 12.6. The first-order valence-corrected chi connectivity index (χ1v) is 6.79. The molecule has 3 nitrogen and oxygen atoms in total. The Kier molecular flexibility index (Phi) is 3.97. The Labute approximate surface area is 119 Å². The maximum atomic E-state index is 6.14.